The quantitative estimate of drug-likeness (QED) is 0.794. The summed E-state index contributed by atoms with van der Waals surface area (Å²) in [7, 11) is 1.70. The molecule has 0 spiro atoms. The third kappa shape index (κ3) is 3.53. The summed E-state index contributed by atoms with van der Waals surface area (Å²) in [5, 5.41) is 3.59. The lowest BCUT2D eigenvalue weighted by Gasteiger charge is -2.13. The second kappa shape index (κ2) is 5.35. The van der Waals surface area contributed by atoms with E-state index in [4.69, 9.17) is 4.74 Å². The Morgan fingerprint density at radius 3 is 2.56 bits per heavy atom. The van der Waals surface area contributed by atoms with Gasteiger partial charge in [-0.2, -0.15) is 0 Å². The summed E-state index contributed by atoms with van der Waals surface area (Å²) in [5.74, 6) is 1.89. The fourth-order valence-electron chi connectivity index (χ4n) is 1.88. The zero-order valence-electron chi connectivity index (χ0n) is 10.2. The van der Waals surface area contributed by atoms with Crippen LogP contribution >= 0.6 is 0 Å². The number of ether oxygens (including phenoxy) is 1. The maximum atomic E-state index is 5.15. The van der Waals surface area contributed by atoms with Crippen molar-refractivity contribution in [2.75, 3.05) is 13.7 Å². The predicted octanol–water partition coefficient (Wildman–Crippen LogP) is 2.63. The van der Waals surface area contributed by atoms with Crippen molar-refractivity contribution in [1.29, 1.82) is 0 Å². The average molecular weight is 219 g/mol. The second-order valence-electron chi connectivity index (χ2n) is 4.80. The highest BCUT2D eigenvalue weighted by Crippen LogP contribution is 2.27. The number of benzene rings is 1. The fraction of sp³-hybridized carbons (Fsp3) is 0.571. The van der Waals surface area contributed by atoms with Crippen LogP contribution in [0.2, 0.25) is 0 Å². The number of hydrogen-bond acceptors (Lipinski definition) is 2. The van der Waals surface area contributed by atoms with Crippen LogP contribution in [0.4, 0.5) is 0 Å². The molecule has 88 valence electrons. The van der Waals surface area contributed by atoms with Crippen LogP contribution in [-0.2, 0) is 6.42 Å². The smallest absolute Gasteiger partial charge is 0.118 e. The summed E-state index contributed by atoms with van der Waals surface area (Å²) in [6.45, 7) is 3.45. The van der Waals surface area contributed by atoms with Crippen LogP contribution < -0.4 is 10.1 Å². The Morgan fingerprint density at radius 1 is 1.31 bits per heavy atom. The lowest BCUT2D eigenvalue weighted by Crippen LogP contribution is -2.29. The van der Waals surface area contributed by atoms with Gasteiger partial charge < -0.3 is 10.1 Å². The highest BCUT2D eigenvalue weighted by atomic mass is 16.5. The van der Waals surface area contributed by atoms with Gasteiger partial charge in [-0.1, -0.05) is 12.1 Å². The zero-order chi connectivity index (χ0) is 11.4. The van der Waals surface area contributed by atoms with Crippen LogP contribution in [0.5, 0.6) is 5.75 Å². The fourth-order valence-corrected chi connectivity index (χ4v) is 1.88. The lowest BCUT2D eigenvalue weighted by atomic mass is 10.1. The molecule has 1 aliphatic carbocycles. The molecular formula is C14H21NO. The molecule has 16 heavy (non-hydrogen) atoms. The van der Waals surface area contributed by atoms with Crippen LogP contribution in [0.15, 0.2) is 24.3 Å². The lowest BCUT2D eigenvalue weighted by molar-refractivity contribution is 0.414. The zero-order valence-corrected chi connectivity index (χ0v) is 10.2. The van der Waals surface area contributed by atoms with Crippen LogP contribution in [0.1, 0.15) is 25.3 Å². The summed E-state index contributed by atoms with van der Waals surface area (Å²) in [6, 6.07) is 8.92. The molecule has 1 atom stereocenters. The Kier molecular flexibility index (Phi) is 3.83. The van der Waals surface area contributed by atoms with Gasteiger partial charge in [0.1, 0.15) is 5.75 Å². The van der Waals surface area contributed by atoms with Crippen LogP contribution in [-0.4, -0.2) is 19.7 Å². The molecular weight excluding hydrogens is 198 g/mol. The van der Waals surface area contributed by atoms with E-state index < -0.39 is 0 Å². The molecule has 0 aromatic heterocycles. The third-order valence-corrected chi connectivity index (χ3v) is 3.15. The summed E-state index contributed by atoms with van der Waals surface area (Å²) in [4.78, 5) is 0. The van der Waals surface area contributed by atoms with E-state index in [2.05, 4.69) is 24.4 Å². The van der Waals surface area contributed by atoms with Gasteiger partial charge in [0.25, 0.3) is 0 Å². The van der Waals surface area contributed by atoms with E-state index in [1.165, 1.54) is 24.9 Å². The van der Waals surface area contributed by atoms with Gasteiger partial charge in [0.05, 0.1) is 7.11 Å². The first-order valence-electron chi connectivity index (χ1n) is 6.14. The van der Waals surface area contributed by atoms with Gasteiger partial charge in [0, 0.05) is 6.04 Å². The summed E-state index contributed by atoms with van der Waals surface area (Å²) in [6.07, 6.45) is 3.93. The van der Waals surface area contributed by atoms with Gasteiger partial charge in [-0.05, 0) is 56.3 Å². The van der Waals surface area contributed by atoms with Crippen molar-refractivity contribution in [3.05, 3.63) is 29.8 Å². The highest BCUT2D eigenvalue weighted by molar-refractivity contribution is 5.27. The largest absolute Gasteiger partial charge is 0.497 e. The van der Waals surface area contributed by atoms with Crippen molar-refractivity contribution in [3.63, 3.8) is 0 Å². The van der Waals surface area contributed by atoms with Gasteiger partial charge in [0.15, 0.2) is 0 Å². The van der Waals surface area contributed by atoms with Crippen molar-refractivity contribution in [2.45, 2.75) is 32.2 Å². The second-order valence-corrected chi connectivity index (χ2v) is 4.80. The maximum absolute atomic E-state index is 5.15. The van der Waals surface area contributed by atoms with Crippen molar-refractivity contribution >= 4 is 0 Å². The van der Waals surface area contributed by atoms with Crippen molar-refractivity contribution in [3.8, 4) is 5.75 Å². The standard InChI is InChI=1S/C14H21NO/c1-11(15-10-13-3-4-13)9-12-5-7-14(16-2)8-6-12/h5-8,11,13,15H,3-4,9-10H2,1-2H3. The van der Waals surface area contributed by atoms with E-state index in [0.29, 0.717) is 6.04 Å². The first kappa shape index (κ1) is 11.5. The van der Waals surface area contributed by atoms with E-state index in [-0.39, 0.29) is 0 Å². The Bertz CT molecular complexity index is 316. The van der Waals surface area contributed by atoms with Crippen LogP contribution in [0.25, 0.3) is 0 Å². The molecule has 1 N–H and O–H groups in total. The number of nitrogens with one attached hydrogen (secondary N) is 1. The molecule has 1 aromatic rings. The summed E-state index contributed by atoms with van der Waals surface area (Å²) >= 11 is 0. The topological polar surface area (TPSA) is 21.3 Å². The number of hydrogen-bond donors (Lipinski definition) is 1. The Hall–Kier alpha value is -1.02. The molecule has 2 heteroatoms. The van der Waals surface area contributed by atoms with Gasteiger partial charge in [-0.15, -0.1) is 0 Å². The summed E-state index contributed by atoms with van der Waals surface area (Å²) in [5.41, 5.74) is 1.37. The third-order valence-electron chi connectivity index (χ3n) is 3.15. The van der Waals surface area contributed by atoms with E-state index in [9.17, 15) is 0 Å². The molecule has 0 aliphatic heterocycles. The Morgan fingerprint density at radius 2 is 2.00 bits per heavy atom. The Labute approximate surface area is 98.0 Å². The minimum absolute atomic E-state index is 0.564. The van der Waals surface area contributed by atoms with E-state index in [1.54, 1.807) is 7.11 Å². The molecule has 2 rings (SSSR count). The molecule has 0 heterocycles. The minimum Gasteiger partial charge on any atom is -0.497 e. The van der Waals surface area contributed by atoms with E-state index in [1.807, 2.05) is 12.1 Å². The van der Waals surface area contributed by atoms with Gasteiger partial charge in [-0.25, -0.2) is 0 Å². The maximum Gasteiger partial charge on any atom is 0.118 e. The van der Waals surface area contributed by atoms with Crippen molar-refractivity contribution < 1.29 is 4.74 Å². The first-order valence-corrected chi connectivity index (χ1v) is 6.14. The molecule has 1 saturated carbocycles. The molecule has 1 fully saturated rings. The number of methoxy groups -OCH3 is 1. The van der Waals surface area contributed by atoms with Gasteiger partial charge in [-0.3, -0.25) is 0 Å². The van der Waals surface area contributed by atoms with Crippen LogP contribution in [0, 0.1) is 5.92 Å². The molecule has 0 bridgehead atoms. The molecule has 0 amide bonds. The van der Waals surface area contributed by atoms with E-state index in [0.717, 1.165) is 18.1 Å². The number of rotatable bonds is 6. The normalized spacial score (nSPS) is 17.1. The monoisotopic (exact) mass is 219 g/mol. The van der Waals surface area contributed by atoms with Crippen molar-refractivity contribution in [1.82, 2.24) is 5.32 Å². The molecule has 1 unspecified atom stereocenters. The Balaban J connectivity index is 1.77. The molecule has 0 saturated heterocycles. The minimum atomic E-state index is 0.564. The molecule has 1 aromatic carbocycles. The average Bonchev–Trinajstić information content (AvgIpc) is 3.11. The van der Waals surface area contributed by atoms with Gasteiger partial charge >= 0.3 is 0 Å². The SMILES string of the molecule is COc1ccc(CC(C)NCC2CC2)cc1. The highest BCUT2D eigenvalue weighted by Gasteiger charge is 2.21. The predicted molar refractivity (Wildman–Crippen MR) is 66.9 cm³/mol. The van der Waals surface area contributed by atoms with Crippen LogP contribution in [0.3, 0.4) is 0 Å². The molecule has 1 aliphatic rings. The van der Waals surface area contributed by atoms with Gasteiger partial charge in [0.2, 0.25) is 0 Å². The molecule has 0 radical (unpaired) electrons. The molecule has 2 nitrogen and oxygen atoms in total. The first-order chi connectivity index (χ1) is 7.78. The van der Waals surface area contributed by atoms with Crippen molar-refractivity contribution in [2.24, 2.45) is 5.92 Å². The summed E-state index contributed by atoms with van der Waals surface area (Å²) < 4.78 is 5.15. The van der Waals surface area contributed by atoms with E-state index >= 15 is 0 Å².